The molecule has 4 heteroatoms. The topological polar surface area (TPSA) is 44.3 Å². The van der Waals surface area contributed by atoms with Gasteiger partial charge in [0.1, 0.15) is 18.0 Å². The molecule has 0 bridgehead atoms. The summed E-state index contributed by atoms with van der Waals surface area (Å²) in [5.41, 5.74) is 2.77. The minimum absolute atomic E-state index is 0.102. The lowest BCUT2D eigenvalue weighted by Crippen LogP contribution is -2.83. The predicted molar refractivity (Wildman–Crippen MR) is 126 cm³/mol. The third kappa shape index (κ3) is 6.24. The third-order valence-electron chi connectivity index (χ3n) is 6.43. The number of benzene rings is 2. The van der Waals surface area contributed by atoms with E-state index in [1.54, 1.807) is 7.11 Å². The van der Waals surface area contributed by atoms with Crippen LogP contribution in [0, 0.1) is 5.92 Å². The fourth-order valence-corrected chi connectivity index (χ4v) is 4.69. The molecule has 31 heavy (non-hydrogen) atoms. The van der Waals surface area contributed by atoms with Gasteiger partial charge in [0, 0.05) is 29.6 Å². The minimum atomic E-state index is 0.102. The number of para-hydroxylation sites is 1. The highest BCUT2D eigenvalue weighted by molar-refractivity contribution is 5.40. The molecule has 1 aliphatic rings. The van der Waals surface area contributed by atoms with Gasteiger partial charge in [-0.3, -0.25) is 0 Å². The highest BCUT2D eigenvalue weighted by Gasteiger charge is 2.41. The molecule has 2 N–H and O–H groups in total. The number of methoxy groups -OCH3 is 1. The first-order valence-corrected chi connectivity index (χ1v) is 11.8. The summed E-state index contributed by atoms with van der Waals surface area (Å²) in [6, 6.07) is 17.1. The average Bonchev–Trinajstić information content (AvgIpc) is 2.77. The van der Waals surface area contributed by atoms with Gasteiger partial charge in [-0.2, -0.15) is 0 Å². The monoisotopic (exact) mass is 426 g/mol. The minimum Gasteiger partial charge on any atom is -0.496 e. The summed E-state index contributed by atoms with van der Waals surface area (Å²) in [4.78, 5) is 0. The standard InChI is InChI=1S/C27H39NO3/c1-20(2)26-18-27(15-17-30-26,24-8-6-7-9-25(24)29-5)14-16-28-19-22-10-12-23(13-11-22)31-21(3)4/h6-13,20-21,26,28H,14-19H2,1-5H3/p+1/t26-,27-/m1/s1. The van der Waals surface area contributed by atoms with E-state index >= 15 is 0 Å². The zero-order chi connectivity index (χ0) is 22.3. The molecule has 4 nitrogen and oxygen atoms in total. The molecule has 0 amide bonds. The van der Waals surface area contributed by atoms with Crippen molar-refractivity contribution >= 4 is 0 Å². The number of quaternary nitrogens is 1. The van der Waals surface area contributed by atoms with Gasteiger partial charge in [-0.25, -0.2) is 0 Å². The molecule has 0 radical (unpaired) electrons. The van der Waals surface area contributed by atoms with Crippen LogP contribution < -0.4 is 14.8 Å². The van der Waals surface area contributed by atoms with Crippen LogP contribution in [-0.4, -0.2) is 32.5 Å². The zero-order valence-corrected chi connectivity index (χ0v) is 19.9. The Kier molecular flexibility index (Phi) is 8.39. The lowest BCUT2D eigenvalue weighted by Gasteiger charge is -2.43. The Labute approximate surface area is 188 Å². The maximum atomic E-state index is 6.14. The zero-order valence-electron chi connectivity index (χ0n) is 19.9. The first-order chi connectivity index (χ1) is 14.9. The number of nitrogens with two attached hydrogens (primary N) is 1. The summed E-state index contributed by atoms with van der Waals surface area (Å²) in [5.74, 6) is 2.47. The van der Waals surface area contributed by atoms with Crippen molar-refractivity contribution in [3.63, 3.8) is 0 Å². The Morgan fingerprint density at radius 2 is 1.81 bits per heavy atom. The molecule has 0 aliphatic carbocycles. The smallest absolute Gasteiger partial charge is 0.122 e. The largest absolute Gasteiger partial charge is 0.496 e. The molecule has 3 rings (SSSR count). The van der Waals surface area contributed by atoms with Crippen LogP contribution >= 0.6 is 0 Å². The molecule has 1 aliphatic heterocycles. The lowest BCUT2D eigenvalue weighted by atomic mass is 9.68. The third-order valence-corrected chi connectivity index (χ3v) is 6.43. The van der Waals surface area contributed by atoms with Crippen molar-refractivity contribution in [2.45, 2.75) is 71.1 Å². The van der Waals surface area contributed by atoms with E-state index in [9.17, 15) is 0 Å². The van der Waals surface area contributed by atoms with Gasteiger partial charge in [0.15, 0.2) is 0 Å². The van der Waals surface area contributed by atoms with Crippen molar-refractivity contribution in [2.24, 2.45) is 5.92 Å². The quantitative estimate of drug-likeness (QED) is 0.560. The fraction of sp³-hybridized carbons (Fsp3) is 0.556. The van der Waals surface area contributed by atoms with Crippen LogP contribution in [0.4, 0.5) is 0 Å². The Hall–Kier alpha value is -2.04. The molecule has 1 saturated heterocycles. The van der Waals surface area contributed by atoms with Gasteiger partial charge in [-0.05, 0) is 62.9 Å². The molecular formula is C27H40NO3+. The summed E-state index contributed by atoms with van der Waals surface area (Å²) in [6.45, 7) is 11.5. The lowest BCUT2D eigenvalue weighted by molar-refractivity contribution is -0.671. The van der Waals surface area contributed by atoms with Gasteiger partial charge in [-0.1, -0.05) is 32.0 Å². The van der Waals surface area contributed by atoms with Crippen LogP contribution in [0.25, 0.3) is 0 Å². The second kappa shape index (κ2) is 11.0. The molecule has 1 heterocycles. The maximum absolute atomic E-state index is 6.14. The number of ether oxygens (including phenoxy) is 3. The van der Waals surface area contributed by atoms with E-state index in [1.807, 2.05) is 0 Å². The van der Waals surface area contributed by atoms with Crippen molar-refractivity contribution in [2.75, 3.05) is 20.3 Å². The molecule has 0 unspecified atom stereocenters. The van der Waals surface area contributed by atoms with Crippen LogP contribution in [-0.2, 0) is 16.7 Å². The first kappa shape index (κ1) is 23.6. The van der Waals surface area contributed by atoms with Gasteiger partial charge >= 0.3 is 0 Å². The molecule has 1 fully saturated rings. The maximum Gasteiger partial charge on any atom is 0.122 e. The van der Waals surface area contributed by atoms with Crippen LogP contribution in [0.2, 0.25) is 0 Å². The molecular weight excluding hydrogens is 386 g/mol. The molecule has 0 aromatic heterocycles. The van der Waals surface area contributed by atoms with Gasteiger partial charge in [0.25, 0.3) is 0 Å². The highest BCUT2D eigenvalue weighted by Crippen LogP contribution is 2.44. The van der Waals surface area contributed by atoms with Gasteiger partial charge < -0.3 is 19.5 Å². The van der Waals surface area contributed by atoms with E-state index in [2.05, 4.69) is 81.5 Å². The van der Waals surface area contributed by atoms with E-state index in [-0.39, 0.29) is 11.5 Å². The summed E-state index contributed by atoms with van der Waals surface area (Å²) < 4.78 is 17.7. The molecule has 2 aromatic rings. The molecule has 0 saturated carbocycles. The first-order valence-electron chi connectivity index (χ1n) is 11.8. The summed E-state index contributed by atoms with van der Waals surface area (Å²) in [6.07, 6.45) is 3.73. The van der Waals surface area contributed by atoms with Crippen LogP contribution in [0.1, 0.15) is 58.1 Å². The number of hydrogen-bond donors (Lipinski definition) is 1. The molecule has 170 valence electrons. The highest BCUT2D eigenvalue weighted by atomic mass is 16.5. The van der Waals surface area contributed by atoms with Gasteiger partial charge in [-0.15, -0.1) is 0 Å². The Morgan fingerprint density at radius 1 is 1.06 bits per heavy atom. The average molecular weight is 427 g/mol. The van der Waals surface area contributed by atoms with Crippen molar-refractivity contribution in [1.82, 2.24) is 0 Å². The predicted octanol–water partition coefficient (Wildman–Crippen LogP) is 4.71. The van der Waals surface area contributed by atoms with E-state index in [0.29, 0.717) is 12.0 Å². The van der Waals surface area contributed by atoms with E-state index in [1.165, 1.54) is 11.1 Å². The second-order valence-corrected chi connectivity index (χ2v) is 9.43. The van der Waals surface area contributed by atoms with E-state index in [0.717, 1.165) is 50.5 Å². The number of hydrogen-bond acceptors (Lipinski definition) is 3. The second-order valence-electron chi connectivity index (χ2n) is 9.43. The van der Waals surface area contributed by atoms with Crippen LogP contribution in [0.3, 0.4) is 0 Å². The van der Waals surface area contributed by atoms with Crippen molar-refractivity contribution < 1.29 is 19.5 Å². The molecule has 2 aromatic carbocycles. The SMILES string of the molecule is COc1ccccc1[C@]1(CC[NH2+]Cc2ccc(OC(C)C)cc2)CCO[C@@H](C(C)C)C1. The summed E-state index contributed by atoms with van der Waals surface area (Å²) in [5, 5.41) is 2.43. The normalized spacial score (nSPS) is 21.5. The van der Waals surface area contributed by atoms with E-state index < -0.39 is 0 Å². The van der Waals surface area contributed by atoms with Gasteiger partial charge in [0.05, 0.1) is 25.9 Å². The Bertz CT molecular complexity index is 802. The fourth-order valence-electron chi connectivity index (χ4n) is 4.69. The Morgan fingerprint density at radius 3 is 2.48 bits per heavy atom. The van der Waals surface area contributed by atoms with Crippen molar-refractivity contribution in [3.8, 4) is 11.5 Å². The van der Waals surface area contributed by atoms with Gasteiger partial charge in [0.2, 0.25) is 0 Å². The van der Waals surface area contributed by atoms with Crippen LogP contribution in [0.15, 0.2) is 48.5 Å². The summed E-state index contributed by atoms with van der Waals surface area (Å²) >= 11 is 0. The van der Waals surface area contributed by atoms with Crippen molar-refractivity contribution in [1.29, 1.82) is 0 Å². The summed E-state index contributed by atoms with van der Waals surface area (Å²) in [7, 11) is 1.78. The molecule has 2 atom stereocenters. The Balaban J connectivity index is 1.67. The van der Waals surface area contributed by atoms with E-state index in [4.69, 9.17) is 14.2 Å². The number of rotatable bonds is 10. The van der Waals surface area contributed by atoms with Crippen LogP contribution in [0.5, 0.6) is 11.5 Å². The molecule has 0 spiro atoms. The van der Waals surface area contributed by atoms with Crippen molar-refractivity contribution in [3.05, 3.63) is 59.7 Å².